The molecule has 0 saturated carbocycles. The van der Waals surface area contributed by atoms with E-state index in [9.17, 15) is 0 Å². The van der Waals surface area contributed by atoms with Crippen LogP contribution in [0.15, 0.2) is 6.07 Å². The highest BCUT2D eigenvalue weighted by molar-refractivity contribution is 5.36. The van der Waals surface area contributed by atoms with Gasteiger partial charge < -0.3 is 5.32 Å². The van der Waals surface area contributed by atoms with Crippen LogP contribution in [-0.2, 0) is 11.8 Å². The molecule has 0 bridgehead atoms. The van der Waals surface area contributed by atoms with Gasteiger partial charge >= 0.3 is 0 Å². The lowest BCUT2D eigenvalue weighted by molar-refractivity contribution is 0.542. The third kappa shape index (κ3) is 3.18. The fourth-order valence-corrected chi connectivity index (χ4v) is 1.29. The van der Waals surface area contributed by atoms with E-state index < -0.39 is 0 Å². The van der Waals surface area contributed by atoms with E-state index in [2.05, 4.69) is 49.9 Å². The van der Waals surface area contributed by atoms with Crippen LogP contribution in [0.2, 0.25) is 0 Å². The Labute approximate surface area is 92.3 Å². The first-order valence-corrected chi connectivity index (χ1v) is 5.59. The lowest BCUT2D eigenvalue weighted by atomic mass is 9.95. The summed E-state index contributed by atoms with van der Waals surface area (Å²) in [7, 11) is 0. The van der Waals surface area contributed by atoms with E-state index in [4.69, 9.17) is 0 Å². The van der Waals surface area contributed by atoms with Gasteiger partial charge in [-0.1, -0.05) is 27.7 Å². The SMILES string of the molecule is CCNc1cc(CC)nc(C(C)(C)C)n1. The molecule has 0 aliphatic rings. The average Bonchev–Trinajstić information content (AvgIpc) is 2.16. The molecule has 0 unspecified atom stereocenters. The lowest BCUT2D eigenvalue weighted by Crippen LogP contribution is -2.18. The van der Waals surface area contributed by atoms with E-state index in [1.54, 1.807) is 0 Å². The van der Waals surface area contributed by atoms with Crippen molar-refractivity contribution in [1.82, 2.24) is 9.97 Å². The van der Waals surface area contributed by atoms with Crippen LogP contribution in [0.4, 0.5) is 5.82 Å². The molecule has 1 N–H and O–H groups in total. The molecule has 84 valence electrons. The van der Waals surface area contributed by atoms with E-state index in [-0.39, 0.29) is 5.41 Å². The van der Waals surface area contributed by atoms with Crippen molar-refractivity contribution in [1.29, 1.82) is 0 Å². The Morgan fingerprint density at radius 2 is 1.87 bits per heavy atom. The lowest BCUT2D eigenvalue weighted by Gasteiger charge is -2.18. The fourth-order valence-electron chi connectivity index (χ4n) is 1.29. The molecule has 1 heterocycles. The van der Waals surface area contributed by atoms with E-state index in [0.29, 0.717) is 0 Å². The van der Waals surface area contributed by atoms with Gasteiger partial charge in [0.25, 0.3) is 0 Å². The Morgan fingerprint density at radius 1 is 1.20 bits per heavy atom. The van der Waals surface area contributed by atoms with Gasteiger partial charge in [0.15, 0.2) is 0 Å². The van der Waals surface area contributed by atoms with Gasteiger partial charge in [0, 0.05) is 23.7 Å². The highest BCUT2D eigenvalue weighted by Gasteiger charge is 2.18. The summed E-state index contributed by atoms with van der Waals surface area (Å²) < 4.78 is 0. The topological polar surface area (TPSA) is 37.8 Å². The van der Waals surface area contributed by atoms with E-state index in [1.165, 1.54) is 0 Å². The minimum Gasteiger partial charge on any atom is -0.370 e. The van der Waals surface area contributed by atoms with Gasteiger partial charge in [0.1, 0.15) is 11.6 Å². The van der Waals surface area contributed by atoms with Gasteiger partial charge in [-0.25, -0.2) is 9.97 Å². The Hall–Kier alpha value is -1.12. The molecule has 1 aromatic heterocycles. The molecule has 0 spiro atoms. The number of hydrogen-bond donors (Lipinski definition) is 1. The molecule has 0 atom stereocenters. The van der Waals surface area contributed by atoms with E-state index >= 15 is 0 Å². The summed E-state index contributed by atoms with van der Waals surface area (Å²) in [6.45, 7) is 11.5. The number of aryl methyl sites for hydroxylation is 1. The number of nitrogens with one attached hydrogen (secondary N) is 1. The number of nitrogens with zero attached hydrogens (tertiary/aromatic N) is 2. The molecule has 3 nitrogen and oxygen atoms in total. The maximum Gasteiger partial charge on any atom is 0.136 e. The molecule has 0 amide bonds. The molecule has 1 aromatic rings. The van der Waals surface area contributed by atoms with Gasteiger partial charge in [0.2, 0.25) is 0 Å². The van der Waals surface area contributed by atoms with Crippen molar-refractivity contribution < 1.29 is 0 Å². The average molecular weight is 207 g/mol. The second kappa shape index (κ2) is 4.60. The van der Waals surface area contributed by atoms with Gasteiger partial charge in [-0.2, -0.15) is 0 Å². The number of hydrogen-bond acceptors (Lipinski definition) is 3. The summed E-state index contributed by atoms with van der Waals surface area (Å²) in [6, 6.07) is 2.03. The first-order valence-electron chi connectivity index (χ1n) is 5.59. The van der Waals surface area contributed by atoms with E-state index in [0.717, 1.165) is 30.3 Å². The standard InChI is InChI=1S/C12H21N3/c1-6-9-8-10(13-7-2)15-11(14-9)12(3,4)5/h8H,6-7H2,1-5H3,(H,13,14,15). The zero-order valence-corrected chi connectivity index (χ0v) is 10.4. The van der Waals surface area contributed by atoms with Crippen molar-refractivity contribution in [3.05, 3.63) is 17.6 Å². The van der Waals surface area contributed by atoms with Crippen LogP contribution in [-0.4, -0.2) is 16.5 Å². The van der Waals surface area contributed by atoms with Gasteiger partial charge in [-0.05, 0) is 13.3 Å². The zero-order valence-electron chi connectivity index (χ0n) is 10.4. The van der Waals surface area contributed by atoms with Gasteiger partial charge in [-0.3, -0.25) is 0 Å². The Morgan fingerprint density at radius 3 is 2.33 bits per heavy atom. The highest BCUT2D eigenvalue weighted by atomic mass is 15.0. The summed E-state index contributed by atoms with van der Waals surface area (Å²) in [4.78, 5) is 9.07. The molecule has 0 aromatic carbocycles. The molecule has 15 heavy (non-hydrogen) atoms. The quantitative estimate of drug-likeness (QED) is 0.828. The predicted molar refractivity (Wildman–Crippen MR) is 64.3 cm³/mol. The molecule has 0 aliphatic carbocycles. The normalized spacial score (nSPS) is 11.5. The Kier molecular flexibility index (Phi) is 3.66. The Balaban J connectivity index is 3.11. The van der Waals surface area contributed by atoms with Crippen molar-refractivity contribution in [3.63, 3.8) is 0 Å². The Bertz CT molecular complexity index is 326. The van der Waals surface area contributed by atoms with Crippen molar-refractivity contribution in [3.8, 4) is 0 Å². The minimum atomic E-state index is 0.00928. The third-order valence-electron chi connectivity index (χ3n) is 2.17. The highest BCUT2D eigenvalue weighted by Crippen LogP contribution is 2.20. The number of anilines is 1. The van der Waals surface area contributed by atoms with Crippen LogP contribution >= 0.6 is 0 Å². The summed E-state index contributed by atoms with van der Waals surface area (Å²) in [6.07, 6.45) is 0.948. The van der Waals surface area contributed by atoms with Crippen molar-refractivity contribution >= 4 is 5.82 Å². The minimum absolute atomic E-state index is 0.00928. The van der Waals surface area contributed by atoms with Crippen molar-refractivity contribution in [2.75, 3.05) is 11.9 Å². The number of rotatable bonds is 3. The van der Waals surface area contributed by atoms with Crippen LogP contribution in [0, 0.1) is 0 Å². The zero-order chi connectivity index (χ0) is 11.5. The molecule has 0 aliphatic heterocycles. The van der Waals surface area contributed by atoms with Crippen LogP contribution in [0.1, 0.15) is 46.1 Å². The molecule has 0 radical (unpaired) electrons. The second-order valence-electron chi connectivity index (χ2n) is 4.70. The first kappa shape index (κ1) is 12.0. The maximum absolute atomic E-state index is 4.55. The monoisotopic (exact) mass is 207 g/mol. The van der Waals surface area contributed by atoms with Crippen molar-refractivity contribution in [2.45, 2.75) is 46.5 Å². The van der Waals surface area contributed by atoms with Crippen LogP contribution < -0.4 is 5.32 Å². The smallest absolute Gasteiger partial charge is 0.136 e. The molecule has 1 rings (SSSR count). The summed E-state index contributed by atoms with van der Waals surface area (Å²) in [5, 5.41) is 3.24. The maximum atomic E-state index is 4.55. The summed E-state index contributed by atoms with van der Waals surface area (Å²) >= 11 is 0. The van der Waals surface area contributed by atoms with Crippen molar-refractivity contribution in [2.24, 2.45) is 0 Å². The molecule has 3 heteroatoms. The second-order valence-corrected chi connectivity index (χ2v) is 4.70. The predicted octanol–water partition coefficient (Wildman–Crippen LogP) is 2.77. The summed E-state index contributed by atoms with van der Waals surface area (Å²) in [5.41, 5.74) is 1.11. The third-order valence-corrected chi connectivity index (χ3v) is 2.17. The summed E-state index contributed by atoms with van der Waals surface area (Å²) in [5.74, 6) is 1.85. The molecule has 0 saturated heterocycles. The molecular weight excluding hydrogens is 186 g/mol. The van der Waals surface area contributed by atoms with Crippen LogP contribution in [0.25, 0.3) is 0 Å². The largest absolute Gasteiger partial charge is 0.370 e. The molecule has 0 fully saturated rings. The van der Waals surface area contributed by atoms with Crippen LogP contribution in [0.5, 0.6) is 0 Å². The molecular formula is C12H21N3. The number of aromatic nitrogens is 2. The van der Waals surface area contributed by atoms with Gasteiger partial charge in [0.05, 0.1) is 0 Å². The van der Waals surface area contributed by atoms with Gasteiger partial charge in [-0.15, -0.1) is 0 Å². The van der Waals surface area contributed by atoms with E-state index in [1.807, 2.05) is 6.07 Å². The first-order chi connectivity index (χ1) is 6.97. The fraction of sp³-hybridized carbons (Fsp3) is 0.667. The van der Waals surface area contributed by atoms with Crippen LogP contribution in [0.3, 0.4) is 0 Å².